The van der Waals surface area contributed by atoms with Gasteiger partial charge in [-0.2, -0.15) is 10.2 Å². The standard InChI is InChI=1S/C22H16N8O/c1-31-16-9-7-14(8-10-16)18-11-19(27-26-18)20-25-22-17-12-24-30(15-5-3-2-4-6-15)21(17)23-13-29(22)28-20/h2-13H,1H3,(H,26,27). The molecule has 9 heteroatoms. The fraction of sp³-hybridized carbons (Fsp3) is 0.0455. The minimum atomic E-state index is 0.536. The molecule has 0 bridgehead atoms. The van der Waals surface area contributed by atoms with E-state index in [1.54, 1.807) is 28.8 Å². The third-order valence-electron chi connectivity index (χ3n) is 5.11. The van der Waals surface area contributed by atoms with Gasteiger partial charge in [0.2, 0.25) is 0 Å². The lowest BCUT2D eigenvalue weighted by Crippen LogP contribution is -1.98. The molecule has 0 unspecified atom stereocenters. The number of hydrogen-bond acceptors (Lipinski definition) is 6. The summed E-state index contributed by atoms with van der Waals surface area (Å²) in [5, 5.41) is 17.3. The Bertz CT molecular complexity index is 1510. The minimum Gasteiger partial charge on any atom is -0.497 e. The molecule has 0 amide bonds. The van der Waals surface area contributed by atoms with Gasteiger partial charge in [0.05, 0.1) is 30.1 Å². The minimum absolute atomic E-state index is 0.536. The van der Waals surface area contributed by atoms with Crippen molar-refractivity contribution in [1.29, 1.82) is 0 Å². The SMILES string of the molecule is COc1ccc(-c2cc(-c3nc4c5cnn(-c6ccccc6)c5ncn4n3)[nH]n2)cc1. The first-order valence-corrected chi connectivity index (χ1v) is 9.65. The average Bonchev–Trinajstić information content (AvgIpc) is 3.56. The van der Waals surface area contributed by atoms with Crippen LogP contribution in [0.1, 0.15) is 0 Å². The molecule has 0 aliphatic carbocycles. The van der Waals surface area contributed by atoms with Gasteiger partial charge in [-0.05, 0) is 42.5 Å². The molecule has 0 atom stereocenters. The second kappa shape index (κ2) is 6.77. The number of methoxy groups -OCH3 is 1. The molecule has 4 heterocycles. The Morgan fingerprint density at radius 3 is 2.61 bits per heavy atom. The van der Waals surface area contributed by atoms with Gasteiger partial charge in [0.25, 0.3) is 0 Å². The summed E-state index contributed by atoms with van der Waals surface area (Å²) in [5.41, 5.74) is 4.84. The molecule has 0 aliphatic heterocycles. The van der Waals surface area contributed by atoms with Crippen molar-refractivity contribution < 1.29 is 4.74 Å². The van der Waals surface area contributed by atoms with E-state index in [-0.39, 0.29) is 0 Å². The Morgan fingerprint density at radius 2 is 1.81 bits per heavy atom. The molecule has 0 fully saturated rings. The number of para-hydroxylation sites is 1. The maximum atomic E-state index is 5.21. The predicted octanol–water partition coefficient (Wildman–Crippen LogP) is 3.53. The largest absolute Gasteiger partial charge is 0.497 e. The van der Waals surface area contributed by atoms with Crippen LogP contribution in [0.25, 0.3) is 45.1 Å². The summed E-state index contributed by atoms with van der Waals surface area (Å²) >= 11 is 0. The van der Waals surface area contributed by atoms with Gasteiger partial charge in [-0.15, -0.1) is 5.10 Å². The average molecular weight is 408 g/mol. The van der Waals surface area contributed by atoms with Gasteiger partial charge in [0, 0.05) is 5.56 Å². The Labute approximate surface area is 176 Å². The first-order chi connectivity index (χ1) is 15.3. The molecular weight excluding hydrogens is 392 g/mol. The fourth-order valence-electron chi connectivity index (χ4n) is 3.54. The Balaban J connectivity index is 1.41. The van der Waals surface area contributed by atoms with Crippen molar-refractivity contribution in [1.82, 2.24) is 39.6 Å². The van der Waals surface area contributed by atoms with E-state index in [1.807, 2.05) is 60.7 Å². The number of hydrogen-bond donors (Lipinski definition) is 1. The monoisotopic (exact) mass is 408 g/mol. The summed E-state index contributed by atoms with van der Waals surface area (Å²) in [4.78, 5) is 9.26. The molecule has 2 aromatic carbocycles. The molecule has 9 nitrogen and oxygen atoms in total. The molecule has 0 saturated heterocycles. The first-order valence-electron chi connectivity index (χ1n) is 9.65. The third kappa shape index (κ3) is 2.83. The summed E-state index contributed by atoms with van der Waals surface area (Å²) in [6, 6.07) is 19.5. The number of H-pyrrole nitrogens is 1. The van der Waals surface area contributed by atoms with Crippen LogP contribution in [0.4, 0.5) is 0 Å². The number of nitrogens with one attached hydrogen (secondary N) is 1. The van der Waals surface area contributed by atoms with Crippen LogP contribution in [0.3, 0.4) is 0 Å². The molecule has 4 aromatic heterocycles. The Kier molecular flexibility index (Phi) is 3.79. The smallest absolute Gasteiger partial charge is 0.200 e. The predicted molar refractivity (Wildman–Crippen MR) is 115 cm³/mol. The fourth-order valence-corrected chi connectivity index (χ4v) is 3.54. The van der Waals surface area contributed by atoms with E-state index < -0.39 is 0 Å². The number of aromatic amines is 1. The van der Waals surface area contributed by atoms with Crippen LogP contribution in [0.2, 0.25) is 0 Å². The van der Waals surface area contributed by atoms with Crippen LogP contribution >= 0.6 is 0 Å². The van der Waals surface area contributed by atoms with Gasteiger partial charge in [-0.25, -0.2) is 19.2 Å². The molecule has 6 rings (SSSR count). The van der Waals surface area contributed by atoms with Crippen molar-refractivity contribution in [2.75, 3.05) is 7.11 Å². The summed E-state index contributed by atoms with van der Waals surface area (Å²) in [7, 11) is 1.64. The van der Waals surface area contributed by atoms with E-state index in [1.165, 1.54) is 0 Å². The maximum Gasteiger partial charge on any atom is 0.200 e. The number of benzene rings is 2. The van der Waals surface area contributed by atoms with Gasteiger partial charge in [-0.1, -0.05) is 18.2 Å². The zero-order chi connectivity index (χ0) is 20.8. The number of rotatable bonds is 4. The first kappa shape index (κ1) is 17.3. The van der Waals surface area contributed by atoms with Gasteiger partial charge in [-0.3, -0.25) is 5.10 Å². The summed E-state index contributed by atoms with van der Waals surface area (Å²) in [5.74, 6) is 1.34. The van der Waals surface area contributed by atoms with E-state index in [0.717, 1.165) is 39.4 Å². The van der Waals surface area contributed by atoms with E-state index in [0.29, 0.717) is 11.5 Å². The highest BCUT2D eigenvalue weighted by Gasteiger charge is 2.16. The van der Waals surface area contributed by atoms with E-state index >= 15 is 0 Å². The van der Waals surface area contributed by atoms with E-state index in [2.05, 4.69) is 25.4 Å². The lowest BCUT2D eigenvalue weighted by molar-refractivity contribution is 0.415. The number of fused-ring (bicyclic) bond motifs is 3. The molecule has 0 saturated carbocycles. The second-order valence-corrected chi connectivity index (χ2v) is 6.97. The molecule has 0 spiro atoms. The number of nitrogens with zero attached hydrogens (tertiary/aromatic N) is 7. The molecule has 6 aromatic rings. The molecule has 1 N–H and O–H groups in total. The van der Waals surface area contributed by atoms with Crippen LogP contribution in [-0.4, -0.2) is 46.7 Å². The normalized spacial score (nSPS) is 11.4. The van der Waals surface area contributed by atoms with Crippen LogP contribution in [-0.2, 0) is 0 Å². The summed E-state index contributed by atoms with van der Waals surface area (Å²) in [6.45, 7) is 0. The van der Waals surface area contributed by atoms with Crippen molar-refractivity contribution in [3.8, 4) is 34.2 Å². The summed E-state index contributed by atoms with van der Waals surface area (Å²) < 4.78 is 8.66. The lowest BCUT2D eigenvalue weighted by atomic mass is 10.1. The number of ether oxygens (including phenoxy) is 1. The topological polar surface area (TPSA) is 98.8 Å². The van der Waals surface area contributed by atoms with Crippen molar-refractivity contribution in [3.63, 3.8) is 0 Å². The van der Waals surface area contributed by atoms with Crippen LogP contribution in [0.15, 0.2) is 73.2 Å². The van der Waals surface area contributed by atoms with Crippen LogP contribution < -0.4 is 4.74 Å². The van der Waals surface area contributed by atoms with Crippen LogP contribution in [0, 0.1) is 0 Å². The van der Waals surface area contributed by atoms with Crippen molar-refractivity contribution in [2.45, 2.75) is 0 Å². The zero-order valence-electron chi connectivity index (χ0n) is 16.5. The molecular formula is C22H16N8O. The van der Waals surface area contributed by atoms with Gasteiger partial charge in [0.15, 0.2) is 17.1 Å². The molecule has 0 aliphatic rings. The van der Waals surface area contributed by atoms with E-state index in [4.69, 9.17) is 9.72 Å². The van der Waals surface area contributed by atoms with E-state index in [9.17, 15) is 0 Å². The van der Waals surface area contributed by atoms with Crippen molar-refractivity contribution in [2.24, 2.45) is 0 Å². The highest BCUT2D eigenvalue weighted by Crippen LogP contribution is 2.26. The zero-order valence-corrected chi connectivity index (χ0v) is 16.5. The van der Waals surface area contributed by atoms with Crippen molar-refractivity contribution in [3.05, 3.63) is 73.2 Å². The van der Waals surface area contributed by atoms with Gasteiger partial charge >= 0.3 is 0 Å². The maximum absolute atomic E-state index is 5.21. The second-order valence-electron chi connectivity index (χ2n) is 6.97. The quantitative estimate of drug-likeness (QED) is 0.479. The van der Waals surface area contributed by atoms with Crippen molar-refractivity contribution >= 4 is 16.7 Å². The third-order valence-corrected chi connectivity index (χ3v) is 5.11. The van der Waals surface area contributed by atoms with Gasteiger partial charge in [0.1, 0.15) is 17.8 Å². The van der Waals surface area contributed by atoms with Crippen LogP contribution in [0.5, 0.6) is 5.75 Å². The lowest BCUT2D eigenvalue weighted by Gasteiger charge is -2.01. The van der Waals surface area contributed by atoms with Gasteiger partial charge < -0.3 is 4.74 Å². The highest BCUT2D eigenvalue weighted by molar-refractivity contribution is 5.89. The molecule has 150 valence electrons. The summed E-state index contributed by atoms with van der Waals surface area (Å²) in [6.07, 6.45) is 3.41. The molecule has 0 radical (unpaired) electrons. The molecule has 31 heavy (non-hydrogen) atoms. The number of aromatic nitrogens is 8. The Morgan fingerprint density at radius 1 is 0.968 bits per heavy atom. The Hall–Kier alpha value is -4.53. The highest BCUT2D eigenvalue weighted by atomic mass is 16.5.